The van der Waals surface area contributed by atoms with Crippen LogP contribution in [0, 0.1) is 5.82 Å². The molecule has 4 atom stereocenters. The van der Waals surface area contributed by atoms with Gasteiger partial charge in [0, 0.05) is 12.8 Å². The number of hydrogen-bond acceptors (Lipinski definition) is 8. The van der Waals surface area contributed by atoms with Crippen molar-refractivity contribution >= 4 is 13.6 Å². The number of ketones is 1. The SMILES string of the molecule is CCCCCCCCCCOP(=O)(O)OC[C@H]1O[C@@H](n2cc(F)c(=O)[nH]c2=O)C[C@@]1(O)C(=O)CCCCCCC. The molecule has 230 valence electrons. The van der Waals surface area contributed by atoms with Crippen LogP contribution in [-0.2, 0) is 23.1 Å². The van der Waals surface area contributed by atoms with Gasteiger partial charge in [-0.2, -0.15) is 4.39 Å². The van der Waals surface area contributed by atoms with E-state index in [-0.39, 0.29) is 13.0 Å². The number of halogens is 1. The summed E-state index contributed by atoms with van der Waals surface area (Å²) in [7, 11) is -4.53. The van der Waals surface area contributed by atoms with Gasteiger partial charge in [-0.05, 0) is 12.8 Å². The van der Waals surface area contributed by atoms with Crippen molar-refractivity contribution in [2.45, 2.75) is 128 Å². The predicted octanol–water partition coefficient (Wildman–Crippen LogP) is 4.90. The van der Waals surface area contributed by atoms with Gasteiger partial charge in [0.25, 0.3) is 5.56 Å². The van der Waals surface area contributed by atoms with Crippen LogP contribution in [0.2, 0.25) is 0 Å². The van der Waals surface area contributed by atoms with Crippen LogP contribution in [0.5, 0.6) is 0 Å². The van der Waals surface area contributed by atoms with Crippen molar-refractivity contribution in [3.8, 4) is 0 Å². The van der Waals surface area contributed by atoms with E-state index < -0.39 is 61.6 Å². The molecule has 11 nitrogen and oxygen atoms in total. The molecule has 1 saturated heterocycles. The number of aromatic amines is 1. The molecule has 1 aliphatic heterocycles. The first kappa shape index (κ1) is 34.5. The number of phosphoric ester groups is 1. The number of aliphatic hydroxyl groups is 1. The smallest absolute Gasteiger partial charge is 0.379 e. The average Bonchev–Trinajstić information content (AvgIpc) is 3.25. The van der Waals surface area contributed by atoms with Gasteiger partial charge in [0.2, 0.25) is 5.82 Å². The molecule has 2 heterocycles. The number of carbonyl (C=O) groups excluding carboxylic acids is 1. The van der Waals surface area contributed by atoms with Gasteiger partial charge < -0.3 is 14.7 Å². The summed E-state index contributed by atoms with van der Waals surface area (Å²) in [6.07, 6.45) is 10.0. The third kappa shape index (κ3) is 10.9. The van der Waals surface area contributed by atoms with Gasteiger partial charge in [-0.3, -0.25) is 28.2 Å². The number of carbonyl (C=O) groups is 1. The summed E-state index contributed by atoms with van der Waals surface area (Å²) in [6.45, 7) is 3.55. The minimum atomic E-state index is -4.53. The van der Waals surface area contributed by atoms with Crippen molar-refractivity contribution in [1.29, 1.82) is 0 Å². The van der Waals surface area contributed by atoms with Gasteiger partial charge in [-0.25, -0.2) is 9.36 Å². The fraction of sp³-hybridized carbons (Fsp3) is 0.815. The maximum atomic E-state index is 13.9. The highest BCUT2D eigenvalue weighted by Crippen LogP contribution is 2.46. The lowest BCUT2D eigenvalue weighted by Gasteiger charge is -2.27. The lowest BCUT2D eigenvalue weighted by Crippen LogP contribution is -2.48. The first-order valence-electron chi connectivity index (χ1n) is 14.6. The number of hydrogen-bond donors (Lipinski definition) is 3. The Morgan fingerprint density at radius 3 is 2.25 bits per heavy atom. The highest BCUT2D eigenvalue weighted by molar-refractivity contribution is 7.47. The number of phosphoric acid groups is 1. The van der Waals surface area contributed by atoms with Crippen LogP contribution >= 0.6 is 7.82 Å². The van der Waals surface area contributed by atoms with Gasteiger partial charge in [-0.15, -0.1) is 0 Å². The van der Waals surface area contributed by atoms with E-state index in [0.29, 0.717) is 19.0 Å². The zero-order valence-electron chi connectivity index (χ0n) is 23.8. The third-order valence-electron chi connectivity index (χ3n) is 7.21. The number of aromatic nitrogens is 2. The number of rotatable bonds is 21. The molecule has 1 aromatic rings. The van der Waals surface area contributed by atoms with Crippen LogP contribution in [0.1, 0.15) is 116 Å². The second-order valence-corrected chi connectivity index (χ2v) is 12.0. The van der Waals surface area contributed by atoms with E-state index in [4.69, 9.17) is 13.8 Å². The molecule has 0 aliphatic carbocycles. The highest BCUT2D eigenvalue weighted by atomic mass is 31.2. The van der Waals surface area contributed by atoms with Gasteiger partial charge in [-0.1, -0.05) is 84.5 Å². The Kier molecular flexibility index (Phi) is 14.9. The molecule has 3 N–H and O–H groups in total. The summed E-state index contributed by atoms with van der Waals surface area (Å²) < 4.78 is 42.9. The molecular formula is C27H46FN2O9P. The van der Waals surface area contributed by atoms with E-state index in [2.05, 4.69) is 13.8 Å². The molecule has 0 aromatic carbocycles. The van der Waals surface area contributed by atoms with E-state index in [1.165, 1.54) is 19.3 Å². The van der Waals surface area contributed by atoms with Crippen molar-refractivity contribution in [1.82, 2.24) is 9.55 Å². The maximum absolute atomic E-state index is 13.9. The van der Waals surface area contributed by atoms with Crippen molar-refractivity contribution in [2.75, 3.05) is 13.2 Å². The molecule has 0 radical (unpaired) electrons. The second-order valence-electron chi connectivity index (χ2n) is 10.5. The highest BCUT2D eigenvalue weighted by Gasteiger charge is 2.53. The summed E-state index contributed by atoms with van der Waals surface area (Å²) in [5.41, 5.74) is -4.37. The Labute approximate surface area is 235 Å². The molecule has 0 bridgehead atoms. The molecule has 13 heteroatoms. The van der Waals surface area contributed by atoms with Crippen molar-refractivity contribution in [2.24, 2.45) is 0 Å². The van der Waals surface area contributed by atoms with E-state index in [9.17, 15) is 33.3 Å². The topological polar surface area (TPSA) is 157 Å². The molecule has 1 aromatic heterocycles. The molecule has 0 saturated carbocycles. The van der Waals surface area contributed by atoms with Crippen molar-refractivity contribution in [3.63, 3.8) is 0 Å². The van der Waals surface area contributed by atoms with Crippen LogP contribution in [0.25, 0.3) is 0 Å². The molecular weight excluding hydrogens is 546 g/mol. The van der Waals surface area contributed by atoms with E-state index in [1.807, 2.05) is 4.98 Å². The number of nitrogens with one attached hydrogen (secondary N) is 1. The molecule has 1 unspecified atom stereocenters. The first-order chi connectivity index (χ1) is 19.0. The predicted molar refractivity (Wildman–Crippen MR) is 147 cm³/mol. The van der Waals surface area contributed by atoms with Crippen LogP contribution in [0.15, 0.2) is 15.8 Å². The third-order valence-corrected chi connectivity index (χ3v) is 8.19. The van der Waals surface area contributed by atoms with Crippen molar-refractivity contribution < 1.29 is 37.5 Å². The summed E-state index contributed by atoms with van der Waals surface area (Å²) in [6, 6.07) is 0. The maximum Gasteiger partial charge on any atom is 0.472 e. The number of H-pyrrole nitrogens is 1. The largest absolute Gasteiger partial charge is 0.472 e. The number of unbranched alkanes of at least 4 members (excludes halogenated alkanes) is 11. The van der Waals surface area contributed by atoms with E-state index in [0.717, 1.165) is 55.9 Å². The van der Waals surface area contributed by atoms with E-state index in [1.54, 1.807) is 0 Å². The zero-order chi connectivity index (χ0) is 29.6. The number of Topliss-reactive ketones (excluding diaryl/α,β-unsaturated/α-hetero) is 1. The van der Waals surface area contributed by atoms with Gasteiger partial charge in [0.05, 0.1) is 19.4 Å². The number of nitrogens with zero attached hydrogens (tertiary/aromatic N) is 1. The molecule has 0 spiro atoms. The zero-order valence-corrected chi connectivity index (χ0v) is 24.7. The molecule has 1 aliphatic rings. The molecule has 1 fully saturated rings. The fourth-order valence-electron chi connectivity index (χ4n) is 4.78. The van der Waals surface area contributed by atoms with Crippen LogP contribution in [0.4, 0.5) is 4.39 Å². The fourth-order valence-corrected chi connectivity index (χ4v) is 5.54. The van der Waals surface area contributed by atoms with Gasteiger partial charge in [0.15, 0.2) is 11.4 Å². The minimum absolute atomic E-state index is 0.00386. The van der Waals surface area contributed by atoms with Crippen LogP contribution in [0.3, 0.4) is 0 Å². The quantitative estimate of drug-likeness (QED) is 0.133. The summed E-state index contributed by atoms with van der Waals surface area (Å²) >= 11 is 0. The number of ether oxygens (including phenoxy) is 1. The Hall–Kier alpha value is -1.69. The standard InChI is InChI=1S/C27H46FN2O9P/c1-3-5-7-9-10-11-13-15-17-37-40(35,36)38-20-23-27(34,22(31)16-14-12-8-6-4-2)18-24(39-23)30-19-21(28)25(32)29-26(30)33/h19,23-24,34H,3-18,20H2,1-2H3,(H,35,36)(H,29,32,33)/t23-,24-,27-/m1/s1. The normalized spacial score (nSPS) is 22.4. The molecule has 40 heavy (non-hydrogen) atoms. The van der Waals surface area contributed by atoms with Crippen LogP contribution in [-0.4, -0.2) is 50.3 Å². The second kappa shape index (κ2) is 17.3. The average molecular weight is 593 g/mol. The van der Waals surface area contributed by atoms with Crippen LogP contribution < -0.4 is 11.2 Å². The van der Waals surface area contributed by atoms with Crippen molar-refractivity contribution in [3.05, 3.63) is 32.9 Å². The Morgan fingerprint density at radius 1 is 1.05 bits per heavy atom. The first-order valence-corrected chi connectivity index (χ1v) is 16.1. The summed E-state index contributed by atoms with van der Waals surface area (Å²) in [4.78, 5) is 48.8. The summed E-state index contributed by atoms with van der Waals surface area (Å²) in [5, 5.41) is 11.4. The van der Waals surface area contributed by atoms with Gasteiger partial charge >= 0.3 is 13.5 Å². The molecule has 2 rings (SSSR count). The Morgan fingerprint density at radius 2 is 1.62 bits per heavy atom. The molecule has 0 amide bonds. The Bertz CT molecular complexity index is 1080. The Balaban J connectivity index is 1.99. The summed E-state index contributed by atoms with van der Waals surface area (Å²) in [5.74, 6) is -1.83. The lowest BCUT2D eigenvalue weighted by atomic mass is 9.87. The lowest BCUT2D eigenvalue weighted by molar-refractivity contribution is -0.146. The van der Waals surface area contributed by atoms with Gasteiger partial charge in [0.1, 0.15) is 12.3 Å². The van der Waals surface area contributed by atoms with E-state index >= 15 is 0 Å². The monoisotopic (exact) mass is 592 g/mol. The minimum Gasteiger partial charge on any atom is -0.379 e.